The van der Waals surface area contributed by atoms with Crippen molar-refractivity contribution in [3.05, 3.63) is 41.2 Å². The molecule has 70 valence electrons. The van der Waals surface area contributed by atoms with E-state index in [0.717, 1.165) is 5.56 Å². The summed E-state index contributed by atoms with van der Waals surface area (Å²) in [6.07, 6.45) is 0. The van der Waals surface area contributed by atoms with Gasteiger partial charge in [0.05, 0.1) is 5.70 Å². The van der Waals surface area contributed by atoms with Gasteiger partial charge >= 0.3 is 0 Å². The average Bonchev–Trinajstić information content (AvgIpc) is 2.17. The lowest BCUT2D eigenvalue weighted by atomic mass is 10.1. The van der Waals surface area contributed by atoms with Crippen LogP contribution < -0.4 is 16.8 Å². The Kier molecular flexibility index (Phi) is 2.80. The second-order valence-corrected chi connectivity index (χ2v) is 2.94. The molecule has 0 atom stereocenters. The van der Waals surface area contributed by atoms with Gasteiger partial charge in [-0.25, -0.2) is 0 Å². The SMILES string of the molecule is CN/C(N)=C(/N)c1ccc(C)cc1. The molecule has 5 N–H and O–H groups in total. The summed E-state index contributed by atoms with van der Waals surface area (Å²) in [5.74, 6) is 0.504. The number of nitrogens with one attached hydrogen (secondary N) is 1. The van der Waals surface area contributed by atoms with E-state index in [2.05, 4.69) is 5.32 Å². The fraction of sp³-hybridized carbons (Fsp3) is 0.200. The number of aryl methyl sites for hydroxylation is 1. The van der Waals surface area contributed by atoms with E-state index >= 15 is 0 Å². The van der Waals surface area contributed by atoms with Crippen LogP contribution in [0.5, 0.6) is 0 Å². The molecule has 1 aromatic carbocycles. The molecule has 1 rings (SSSR count). The van der Waals surface area contributed by atoms with Crippen molar-refractivity contribution >= 4 is 5.70 Å². The summed E-state index contributed by atoms with van der Waals surface area (Å²) in [4.78, 5) is 0. The first-order valence-corrected chi connectivity index (χ1v) is 4.15. The highest BCUT2D eigenvalue weighted by Crippen LogP contribution is 2.10. The zero-order valence-electron chi connectivity index (χ0n) is 7.96. The zero-order valence-corrected chi connectivity index (χ0v) is 7.96. The van der Waals surface area contributed by atoms with Crippen molar-refractivity contribution in [3.63, 3.8) is 0 Å². The van der Waals surface area contributed by atoms with Crippen molar-refractivity contribution in [2.75, 3.05) is 7.05 Å². The first kappa shape index (κ1) is 9.45. The Morgan fingerprint density at radius 3 is 2.15 bits per heavy atom. The van der Waals surface area contributed by atoms with Gasteiger partial charge in [-0.15, -0.1) is 0 Å². The fourth-order valence-corrected chi connectivity index (χ4v) is 1.02. The highest BCUT2D eigenvalue weighted by Gasteiger charge is 1.99. The van der Waals surface area contributed by atoms with Crippen LogP contribution >= 0.6 is 0 Å². The lowest BCUT2D eigenvalue weighted by Crippen LogP contribution is -2.20. The lowest BCUT2D eigenvalue weighted by molar-refractivity contribution is 0.964. The topological polar surface area (TPSA) is 64.1 Å². The fourth-order valence-electron chi connectivity index (χ4n) is 1.02. The molecule has 0 spiro atoms. The van der Waals surface area contributed by atoms with Gasteiger partial charge in [-0.2, -0.15) is 0 Å². The third kappa shape index (κ3) is 2.15. The van der Waals surface area contributed by atoms with Crippen LogP contribution in [-0.4, -0.2) is 7.05 Å². The van der Waals surface area contributed by atoms with Gasteiger partial charge in [0.2, 0.25) is 0 Å². The van der Waals surface area contributed by atoms with Crippen molar-refractivity contribution in [2.45, 2.75) is 6.92 Å². The van der Waals surface area contributed by atoms with Crippen molar-refractivity contribution in [3.8, 4) is 0 Å². The van der Waals surface area contributed by atoms with Crippen molar-refractivity contribution in [1.29, 1.82) is 0 Å². The van der Waals surface area contributed by atoms with E-state index in [4.69, 9.17) is 11.5 Å². The van der Waals surface area contributed by atoms with Crippen LogP contribution in [0.2, 0.25) is 0 Å². The molecule has 0 saturated carbocycles. The molecule has 0 amide bonds. The maximum absolute atomic E-state index is 5.79. The normalized spacial score (nSPS) is 12.2. The van der Waals surface area contributed by atoms with Crippen molar-refractivity contribution in [1.82, 2.24) is 5.32 Å². The number of nitrogens with two attached hydrogens (primary N) is 2. The Hall–Kier alpha value is -1.64. The summed E-state index contributed by atoms with van der Waals surface area (Å²) in [6, 6.07) is 7.92. The lowest BCUT2D eigenvalue weighted by Gasteiger charge is -2.06. The molecule has 0 radical (unpaired) electrons. The number of hydrogen-bond acceptors (Lipinski definition) is 3. The van der Waals surface area contributed by atoms with Gasteiger partial charge in [0.1, 0.15) is 5.82 Å². The van der Waals surface area contributed by atoms with Crippen molar-refractivity contribution in [2.24, 2.45) is 11.5 Å². The predicted octanol–water partition coefficient (Wildman–Crippen LogP) is 0.758. The van der Waals surface area contributed by atoms with Gasteiger partial charge in [-0.05, 0) is 6.92 Å². The third-order valence-electron chi connectivity index (χ3n) is 1.92. The van der Waals surface area contributed by atoms with E-state index in [1.165, 1.54) is 5.56 Å². The Balaban J connectivity index is 3.02. The Labute approximate surface area is 78.4 Å². The predicted molar refractivity (Wildman–Crippen MR) is 55.5 cm³/mol. The molecule has 0 aliphatic rings. The molecule has 3 heteroatoms. The summed E-state index contributed by atoms with van der Waals surface area (Å²) >= 11 is 0. The minimum atomic E-state index is 0.504. The summed E-state index contributed by atoms with van der Waals surface area (Å²) in [6.45, 7) is 2.03. The second-order valence-electron chi connectivity index (χ2n) is 2.94. The van der Waals surface area contributed by atoms with Crippen molar-refractivity contribution < 1.29 is 0 Å². The van der Waals surface area contributed by atoms with Gasteiger partial charge in [0, 0.05) is 12.6 Å². The van der Waals surface area contributed by atoms with Crippen LogP contribution in [0, 0.1) is 6.92 Å². The van der Waals surface area contributed by atoms with E-state index in [1.807, 2.05) is 31.2 Å². The quantitative estimate of drug-likeness (QED) is 0.625. The first-order valence-electron chi connectivity index (χ1n) is 4.15. The van der Waals surface area contributed by atoms with E-state index in [9.17, 15) is 0 Å². The van der Waals surface area contributed by atoms with Gasteiger partial charge in [-0.3, -0.25) is 0 Å². The monoisotopic (exact) mass is 177 g/mol. The average molecular weight is 177 g/mol. The van der Waals surface area contributed by atoms with Crippen LogP contribution in [0.3, 0.4) is 0 Å². The highest BCUT2D eigenvalue weighted by molar-refractivity contribution is 5.64. The molecule has 0 bridgehead atoms. The minimum absolute atomic E-state index is 0.504. The van der Waals surface area contributed by atoms with Gasteiger partial charge in [0.25, 0.3) is 0 Å². The molecular weight excluding hydrogens is 162 g/mol. The maximum atomic E-state index is 5.79. The molecule has 1 aromatic rings. The van der Waals surface area contributed by atoms with Gasteiger partial charge < -0.3 is 16.8 Å². The Morgan fingerprint density at radius 1 is 1.15 bits per heavy atom. The van der Waals surface area contributed by atoms with E-state index in [1.54, 1.807) is 7.05 Å². The smallest absolute Gasteiger partial charge is 0.120 e. The molecule has 0 unspecified atom stereocenters. The molecular formula is C10H15N3. The molecule has 0 aliphatic heterocycles. The van der Waals surface area contributed by atoms with Crippen LogP contribution in [0.15, 0.2) is 30.1 Å². The zero-order chi connectivity index (χ0) is 9.84. The molecule has 0 heterocycles. The van der Waals surface area contributed by atoms with E-state index in [-0.39, 0.29) is 0 Å². The first-order chi connectivity index (χ1) is 6.15. The third-order valence-corrected chi connectivity index (χ3v) is 1.92. The van der Waals surface area contributed by atoms with Crippen LogP contribution in [-0.2, 0) is 0 Å². The Bertz CT molecular complexity index is 311. The highest BCUT2D eigenvalue weighted by atomic mass is 15.0. The number of benzene rings is 1. The summed E-state index contributed by atoms with van der Waals surface area (Å²) in [5, 5.41) is 2.81. The number of rotatable bonds is 2. The Morgan fingerprint density at radius 2 is 1.69 bits per heavy atom. The summed E-state index contributed by atoms with van der Waals surface area (Å²) in [5.41, 5.74) is 14.2. The van der Waals surface area contributed by atoms with E-state index < -0.39 is 0 Å². The van der Waals surface area contributed by atoms with Gasteiger partial charge in [0.15, 0.2) is 0 Å². The molecule has 0 aliphatic carbocycles. The maximum Gasteiger partial charge on any atom is 0.120 e. The number of hydrogen-bond donors (Lipinski definition) is 3. The summed E-state index contributed by atoms with van der Waals surface area (Å²) in [7, 11) is 1.75. The molecule has 13 heavy (non-hydrogen) atoms. The molecule has 0 fully saturated rings. The minimum Gasteiger partial charge on any atom is -0.395 e. The standard InChI is InChI=1S/C10H15N3/c1-7-3-5-8(6-4-7)9(11)10(12)13-2/h3-6,13H,11-12H2,1-2H3/b10-9+. The van der Waals surface area contributed by atoms with Crippen LogP contribution in [0.1, 0.15) is 11.1 Å². The van der Waals surface area contributed by atoms with Gasteiger partial charge in [-0.1, -0.05) is 29.8 Å². The molecule has 0 aromatic heterocycles. The largest absolute Gasteiger partial charge is 0.395 e. The van der Waals surface area contributed by atoms with Crippen LogP contribution in [0.4, 0.5) is 0 Å². The molecule has 0 saturated heterocycles. The van der Waals surface area contributed by atoms with E-state index in [0.29, 0.717) is 11.5 Å². The molecule has 3 nitrogen and oxygen atoms in total. The second kappa shape index (κ2) is 3.85. The van der Waals surface area contributed by atoms with Crippen LogP contribution in [0.25, 0.3) is 5.70 Å². The summed E-state index contributed by atoms with van der Waals surface area (Å²) < 4.78 is 0.